The Balaban J connectivity index is 2.66. The Hall–Kier alpha value is -2.22. The maximum absolute atomic E-state index is 12.3. The molecule has 1 heterocycles. The Morgan fingerprint density at radius 3 is 2.36 bits per heavy atom. The maximum Gasteiger partial charge on any atom is 0.315 e. The van der Waals surface area contributed by atoms with Gasteiger partial charge in [-0.2, -0.15) is 0 Å². The van der Waals surface area contributed by atoms with E-state index in [1.807, 2.05) is 0 Å². The minimum atomic E-state index is -0.721. The van der Waals surface area contributed by atoms with Gasteiger partial charge in [-0.15, -0.1) is 0 Å². The second-order valence-corrected chi connectivity index (χ2v) is 6.23. The average molecular weight is 414 g/mol. The van der Waals surface area contributed by atoms with Crippen molar-refractivity contribution < 1.29 is 28.5 Å². The van der Waals surface area contributed by atoms with Crippen molar-refractivity contribution in [3.05, 3.63) is 28.4 Å². The lowest BCUT2D eigenvalue weighted by Gasteiger charge is -2.32. The molecule has 1 fully saturated rings. The number of benzene rings is 1. The summed E-state index contributed by atoms with van der Waals surface area (Å²) in [7, 11) is 5.79. The van der Waals surface area contributed by atoms with Gasteiger partial charge in [-0.3, -0.25) is 9.59 Å². The molecule has 1 aromatic rings. The second kappa shape index (κ2) is 7.77. The Morgan fingerprint density at radius 2 is 1.84 bits per heavy atom. The molecule has 0 aromatic heterocycles. The van der Waals surface area contributed by atoms with Gasteiger partial charge in [-0.25, -0.2) is 0 Å². The van der Waals surface area contributed by atoms with Gasteiger partial charge in [0.15, 0.2) is 11.5 Å². The van der Waals surface area contributed by atoms with Crippen molar-refractivity contribution in [2.45, 2.75) is 12.3 Å². The number of hydrogen-bond acceptors (Lipinski definition) is 6. The molecule has 0 aliphatic carbocycles. The summed E-state index contributed by atoms with van der Waals surface area (Å²) in [5, 5.41) is 2.61. The van der Waals surface area contributed by atoms with E-state index in [1.54, 1.807) is 6.07 Å². The molecule has 1 aromatic carbocycles. The fraction of sp³-hybridized carbons (Fsp3) is 0.412. The minimum absolute atomic E-state index is 0.0933. The summed E-state index contributed by atoms with van der Waals surface area (Å²) in [6.45, 7) is 3.80. The molecule has 136 valence electrons. The number of methoxy groups -OCH3 is 4. The van der Waals surface area contributed by atoms with E-state index in [-0.39, 0.29) is 12.3 Å². The summed E-state index contributed by atoms with van der Waals surface area (Å²) in [5.41, 5.74) is 0.967. The lowest BCUT2D eigenvalue weighted by Crippen LogP contribution is -2.41. The molecular weight excluding hydrogens is 394 g/mol. The molecule has 0 bridgehead atoms. The van der Waals surface area contributed by atoms with Gasteiger partial charge in [0.1, 0.15) is 5.92 Å². The quantitative estimate of drug-likeness (QED) is 0.746. The van der Waals surface area contributed by atoms with Gasteiger partial charge in [0.25, 0.3) is 0 Å². The SMILES string of the molecule is C=C1NC(=O)CC(c2cc(OC)c(OC)c(OC)c2Br)C1C(=O)OC. The van der Waals surface area contributed by atoms with Crippen LogP contribution in [0.2, 0.25) is 0 Å². The third kappa shape index (κ3) is 3.44. The number of amides is 1. The van der Waals surface area contributed by atoms with E-state index in [0.717, 1.165) is 0 Å². The van der Waals surface area contributed by atoms with Crippen LogP contribution in [-0.2, 0) is 14.3 Å². The van der Waals surface area contributed by atoms with Crippen LogP contribution in [0, 0.1) is 5.92 Å². The van der Waals surface area contributed by atoms with Crippen LogP contribution in [0.5, 0.6) is 17.2 Å². The smallest absolute Gasteiger partial charge is 0.315 e. The molecule has 1 aliphatic rings. The number of carbonyl (C=O) groups excluding carboxylic acids is 2. The Morgan fingerprint density at radius 1 is 1.20 bits per heavy atom. The zero-order chi connectivity index (χ0) is 18.7. The van der Waals surface area contributed by atoms with E-state index in [4.69, 9.17) is 18.9 Å². The van der Waals surface area contributed by atoms with Gasteiger partial charge in [0.05, 0.1) is 32.9 Å². The van der Waals surface area contributed by atoms with E-state index < -0.39 is 17.8 Å². The van der Waals surface area contributed by atoms with Crippen molar-refractivity contribution in [2.75, 3.05) is 28.4 Å². The molecule has 0 saturated carbocycles. The van der Waals surface area contributed by atoms with Crippen molar-refractivity contribution in [1.29, 1.82) is 0 Å². The van der Waals surface area contributed by atoms with Crippen molar-refractivity contribution in [1.82, 2.24) is 5.32 Å². The average Bonchev–Trinajstić information content (AvgIpc) is 2.59. The van der Waals surface area contributed by atoms with Gasteiger partial charge >= 0.3 is 5.97 Å². The van der Waals surface area contributed by atoms with Crippen LogP contribution < -0.4 is 19.5 Å². The van der Waals surface area contributed by atoms with Crippen molar-refractivity contribution >= 4 is 27.8 Å². The number of rotatable bonds is 5. The monoisotopic (exact) mass is 413 g/mol. The summed E-state index contributed by atoms with van der Waals surface area (Å²) < 4.78 is 21.6. The number of ether oxygens (including phenoxy) is 4. The third-order valence-electron chi connectivity index (χ3n) is 4.14. The summed E-state index contributed by atoms with van der Waals surface area (Å²) in [4.78, 5) is 24.3. The number of nitrogens with one attached hydrogen (secondary N) is 1. The summed E-state index contributed by atoms with van der Waals surface area (Å²) in [6.07, 6.45) is 0.0933. The predicted molar refractivity (Wildman–Crippen MR) is 93.9 cm³/mol. The highest BCUT2D eigenvalue weighted by Crippen LogP contribution is 2.49. The van der Waals surface area contributed by atoms with Gasteiger partial charge in [0.2, 0.25) is 11.7 Å². The molecule has 0 spiro atoms. The van der Waals surface area contributed by atoms with E-state index in [9.17, 15) is 9.59 Å². The first-order chi connectivity index (χ1) is 11.9. The molecule has 8 heteroatoms. The summed E-state index contributed by atoms with van der Waals surface area (Å²) in [6, 6.07) is 1.72. The number of halogens is 1. The van der Waals surface area contributed by atoms with E-state index >= 15 is 0 Å². The fourth-order valence-corrected chi connectivity index (χ4v) is 3.75. The zero-order valence-electron chi connectivity index (χ0n) is 14.5. The number of carbonyl (C=O) groups is 2. The van der Waals surface area contributed by atoms with Crippen LogP contribution in [0.3, 0.4) is 0 Å². The molecule has 1 aliphatic heterocycles. The lowest BCUT2D eigenvalue weighted by molar-refractivity contribution is -0.146. The molecule has 2 rings (SSSR count). The minimum Gasteiger partial charge on any atom is -0.493 e. The molecule has 7 nitrogen and oxygen atoms in total. The van der Waals surface area contributed by atoms with Crippen LogP contribution in [0.4, 0.5) is 0 Å². The first-order valence-electron chi connectivity index (χ1n) is 7.44. The first kappa shape index (κ1) is 19.1. The van der Waals surface area contributed by atoms with Gasteiger partial charge in [0, 0.05) is 18.0 Å². The second-order valence-electron chi connectivity index (χ2n) is 5.43. The molecule has 2 atom stereocenters. The van der Waals surface area contributed by atoms with Gasteiger partial charge in [-0.1, -0.05) is 6.58 Å². The van der Waals surface area contributed by atoms with Gasteiger partial charge in [-0.05, 0) is 27.6 Å². The molecule has 25 heavy (non-hydrogen) atoms. The highest BCUT2D eigenvalue weighted by molar-refractivity contribution is 9.10. The fourth-order valence-electron chi connectivity index (χ4n) is 3.00. The molecule has 2 unspecified atom stereocenters. The van der Waals surface area contributed by atoms with E-state index in [1.165, 1.54) is 28.4 Å². The highest BCUT2D eigenvalue weighted by Gasteiger charge is 2.41. The maximum atomic E-state index is 12.3. The molecule has 0 radical (unpaired) electrons. The summed E-state index contributed by atoms with van der Waals surface area (Å²) in [5.74, 6) is -0.658. The highest BCUT2D eigenvalue weighted by atomic mass is 79.9. The normalized spacial score (nSPS) is 19.9. The number of piperidine rings is 1. The van der Waals surface area contributed by atoms with Crippen molar-refractivity contribution in [3.8, 4) is 17.2 Å². The third-order valence-corrected chi connectivity index (χ3v) is 4.95. The zero-order valence-corrected chi connectivity index (χ0v) is 16.1. The number of esters is 1. The first-order valence-corrected chi connectivity index (χ1v) is 8.23. The van der Waals surface area contributed by atoms with Crippen LogP contribution in [0.25, 0.3) is 0 Å². The topological polar surface area (TPSA) is 83.1 Å². The lowest BCUT2D eigenvalue weighted by atomic mass is 9.79. The molecule has 1 amide bonds. The Bertz CT molecular complexity index is 718. The molecular formula is C17H20BrNO6. The van der Waals surface area contributed by atoms with Gasteiger partial charge < -0.3 is 24.3 Å². The van der Waals surface area contributed by atoms with Crippen LogP contribution >= 0.6 is 15.9 Å². The van der Waals surface area contributed by atoms with Crippen LogP contribution in [0.15, 0.2) is 22.8 Å². The van der Waals surface area contributed by atoms with Crippen molar-refractivity contribution in [2.24, 2.45) is 5.92 Å². The van der Waals surface area contributed by atoms with E-state index in [2.05, 4.69) is 27.8 Å². The number of hydrogen-bond donors (Lipinski definition) is 1. The van der Waals surface area contributed by atoms with E-state index in [0.29, 0.717) is 33.0 Å². The van der Waals surface area contributed by atoms with Crippen LogP contribution in [-0.4, -0.2) is 40.3 Å². The standard InChI is InChI=1S/C17H20BrNO6/c1-8-13(17(21)25-5)9(7-12(20)19-8)10-6-11(22-2)15(23-3)16(24-4)14(10)18/h6,9,13H,1,7H2,2-5H3,(H,19,20). The van der Waals surface area contributed by atoms with Crippen LogP contribution in [0.1, 0.15) is 17.9 Å². The largest absolute Gasteiger partial charge is 0.493 e. The summed E-state index contributed by atoms with van der Waals surface area (Å²) >= 11 is 3.50. The van der Waals surface area contributed by atoms with Crippen molar-refractivity contribution in [3.63, 3.8) is 0 Å². The Labute approximate surface area is 154 Å². The molecule has 1 N–H and O–H groups in total. The Kier molecular flexibility index (Phi) is 5.94. The molecule has 1 saturated heterocycles. The predicted octanol–water partition coefficient (Wildman–Crippen LogP) is 2.38.